The Kier molecular flexibility index (Phi) is 8.36. The van der Waals surface area contributed by atoms with Crippen molar-refractivity contribution < 1.29 is 14.3 Å². The Morgan fingerprint density at radius 3 is 2.47 bits per heavy atom. The van der Waals surface area contributed by atoms with Crippen molar-refractivity contribution in [1.82, 2.24) is 5.32 Å². The molecule has 0 atom stereocenters. The molecule has 3 aromatic carbocycles. The number of carbonyl (C=O) groups is 2. The maximum Gasteiger partial charge on any atom is 0.259 e. The zero-order valence-corrected chi connectivity index (χ0v) is 20.6. The SMILES string of the molecule is O=C(NC1CCCCC1)c1cccc(NC(=O)c2cc(Br)ccc2OCCc2ccccc2)c1. The van der Waals surface area contributed by atoms with Crippen molar-refractivity contribution in [1.29, 1.82) is 0 Å². The molecule has 0 heterocycles. The average molecular weight is 521 g/mol. The maximum absolute atomic E-state index is 13.1. The number of rotatable bonds is 8. The molecule has 0 radical (unpaired) electrons. The molecule has 1 fully saturated rings. The van der Waals surface area contributed by atoms with Crippen LogP contribution in [0.25, 0.3) is 0 Å². The van der Waals surface area contributed by atoms with Crippen molar-refractivity contribution in [3.8, 4) is 5.75 Å². The third kappa shape index (κ3) is 6.70. The second-order valence-electron chi connectivity index (χ2n) is 8.57. The molecule has 5 nitrogen and oxygen atoms in total. The molecular weight excluding hydrogens is 492 g/mol. The van der Waals surface area contributed by atoms with E-state index in [1.807, 2.05) is 24.3 Å². The van der Waals surface area contributed by atoms with E-state index in [2.05, 4.69) is 38.7 Å². The lowest BCUT2D eigenvalue weighted by atomic mass is 9.95. The molecule has 2 amide bonds. The van der Waals surface area contributed by atoms with Gasteiger partial charge in [0.05, 0.1) is 12.2 Å². The molecule has 34 heavy (non-hydrogen) atoms. The summed E-state index contributed by atoms with van der Waals surface area (Å²) in [5.74, 6) is 0.124. The summed E-state index contributed by atoms with van der Waals surface area (Å²) in [6.45, 7) is 0.461. The van der Waals surface area contributed by atoms with Crippen molar-refractivity contribution in [3.05, 3.63) is 94.0 Å². The van der Waals surface area contributed by atoms with E-state index in [0.29, 0.717) is 29.2 Å². The molecule has 0 aliphatic heterocycles. The molecule has 0 saturated heterocycles. The van der Waals surface area contributed by atoms with Crippen molar-refractivity contribution in [3.63, 3.8) is 0 Å². The molecule has 4 rings (SSSR count). The van der Waals surface area contributed by atoms with Gasteiger partial charge in [-0.15, -0.1) is 0 Å². The smallest absolute Gasteiger partial charge is 0.259 e. The van der Waals surface area contributed by atoms with Gasteiger partial charge >= 0.3 is 0 Å². The highest BCUT2D eigenvalue weighted by molar-refractivity contribution is 9.10. The highest BCUT2D eigenvalue weighted by Crippen LogP contribution is 2.25. The molecule has 1 saturated carbocycles. The number of benzene rings is 3. The van der Waals surface area contributed by atoms with Gasteiger partial charge in [-0.25, -0.2) is 0 Å². The Hall–Kier alpha value is -3.12. The monoisotopic (exact) mass is 520 g/mol. The van der Waals surface area contributed by atoms with E-state index >= 15 is 0 Å². The highest BCUT2D eigenvalue weighted by Gasteiger charge is 2.18. The fraction of sp³-hybridized carbons (Fsp3) is 0.286. The second-order valence-corrected chi connectivity index (χ2v) is 9.48. The number of hydrogen-bond donors (Lipinski definition) is 2. The summed E-state index contributed by atoms with van der Waals surface area (Å²) in [6, 6.07) is 22.7. The van der Waals surface area contributed by atoms with Gasteiger partial charge in [-0.2, -0.15) is 0 Å². The zero-order valence-electron chi connectivity index (χ0n) is 19.1. The van der Waals surface area contributed by atoms with Crippen LogP contribution in [0.2, 0.25) is 0 Å². The van der Waals surface area contributed by atoms with Crippen LogP contribution >= 0.6 is 15.9 Å². The van der Waals surface area contributed by atoms with Crippen molar-refractivity contribution in [2.45, 2.75) is 44.6 Å². The molecule has 1 aliphatic rings. The van der Waals surface area contributed by atoms with Crippen LogP contribution < -0.4 is 15.4 Å². The summed E-state index contributed by atoms with van der Waals surface area (Å²) >= 11 is 3.44. The molecule has 0 bridgehead atoms. The Labute approximate surface area is 209 Å². The lowest BCUT2D eigenvalue weighted by Crippen LogP contribution is -2.36. The van der Waals surface area contributed by atoms with Crippen molar-refractivity contribution >= 4 is 33.4 Å². The third-order valence-electron chi connectivity index (χ3n) is 6.00. The van der Waals surface area contributed by atoms with Crippen LogP contribution in [0.3, 0.4) is 0 Å². The fourth-order valence-electron chi connectivity index (χ4n) is 4.18. The van der Waals surface area contributed by atoms with Crippen molar-refractivity contribution in [2.24, 2.45) is 0 Å². The summed E-state index contributed by atoms with van der Waals surface area (Å²) in [5.41, 5.74) is 2.71. The Morgan fingerprint density at radius 1 is 0.882 bits per heavy atom. The van der Waals surface area contributed by atoms with Gasteiger partial charge < -0.3 is 15.4 Å². The second kappa shape index (κ2) is 11.8. The minimum atomic E-state index is -0.291. The number of carbonyl (C=O) groups excluding carboxylic acids is 2. The summed E-state index contributed by atoms with van der Waals surface area (Å²) in [7, 11) is 0. The Bertz CT molecular complexity index is 1130. The molecule has 2 N–H and O–H groups in total. The number of amides is 2. The van der Waals surface area contributed by atoms with Gasteiger partial charge in [-0.05, 0) is 54.8 Å². The van der Waals surface area contributed by atoms with E-state index in [0.717, 1.165) is 36.6 Å². The van der Waals surface area contributed by atoms with Gasteiger partial charge in [0.2, 0.25) is 0 Å². The first-order valence-corrected chi connectivity index (χ1v) is 12.6. The number of ether oxygens (including phenoxy) is 1. The predicted octanol–water partition coefficient (Wildman–Crippen LogP) is 6.39. The van der Waals surface area contributed by atoms with Gasteiger partial charge in [0.1, 0.15) is 5.75 Å². The topological polar surface area (TPSA) is 67.4 Å². The number of hydrogen-bond acceptors (Lipinski definition) is 3. The summed E-state index contributed by atoms with van der Waals surface area (Å²) < 4.78 is 6.74. The first-order valence-electron chi connectivity index (χ1n) is 11.8. The van der Waals surface area contributed by atoms with E-state index in [1.165, 1.54) is 12.0 Å². The van der Waals surface area contributed by atoms with E-state index in [4.69, 9.17) is 4.74 Å². The summed E-state index contributed by atoms with van der Waals surface area (Å²) in [6.07, 6.45) is 6.35. The predicted molar refractivity (Wildman–Crippen MR) is 139 cm³/mol. The maximum atomic E-state index is 13.1. The van der Waals surface area contributed by atoms with Crippen LogP contribution in [0.4, 0.5) is 5.69 Å². The van der Waals surface area contributed by atoms with E-state index < -0.39 is 0 Å². The van der Waals surface area contributed by atoms with Gasteiger partial charge in [-0.3, -0.25) is 9.59 Å². The largest absolute Gasteiger partial charge is 0.492 e. The average Bonchev–Trinajstić information content (AvgIpc) is 2.86. The summed E-state index contributed by atoms with van der Waals surface area (Å²) in [5, 5.41) is 6.04. The highest BCUT2D eigenvalue weighted by atomic mass is 79.9. The molecular formula is C28H29BrN2O3. The van der Waals surface area contributed by atoms with Gasteiger partial charge in [-0.1, -0.05) is 71.6 Å². The minimum absolute atomic E-state index is 0.101. The van der Waals surface area contributed by atoms with Crippen LogP contribution in [0.5, 0.6) is 5.75 Å². The Morgan fingerprint density at radius 2 is 1.68 bits per heavy atom. The third-order valence-corrected chi connectivity index (χ3v) is 6.49. The molecule has 0 spiro atoms. The lowest BCUT2D eigenvalue weighted by molar-refractivity contribution is 0.0926. The lowest BCUT2D eigenvalue weighted by Gasteiger charge is -2.22. The number of halogens is 1. The van der Waals surface area contributed by atoms with Crippen LogP contribution in [-0.2, 0) is 6.42 Å². The molecule has 3 aromatic rings. The Balaban J connectivity index is 1.41. The number of nitrogens with one attached hydrogen (secondary N) is 2. The molecule has 1 aliphatic carbocycles. The van der Waals surface area contributed by atoms with E-state index in [1.54, 1.807) is 36.4 Å². The fourth-order valence-corrected chi connectivity index (χ4v) is 4.54. The van der Waals surface area contributed by atoms with Gasteiger partial charge in [0, 0.05) is 28.2 Å². The molecule has 6 heteroatoms. The molecule has 0 unspecified atom stereocenters. The molecule has 0 aromatic heterocycles. The van der Waals surface area contributed by atoms with Gasteiger partial charge in [0.15, 0.2) is 0 Å². The molecule has 176 valence electrons. The quantitative estimate of drug-likeness (QED) is 0.361. The minimum Gasteiger partial charge on any atom is -0.492 e. The van der Waals surface area contributed by atoms with Crippen LogP contribution in [0.15, 0.2) is 77.3 Å². The number of anilines is 1. The first kappa shape index (κ1) is 24.0. The van der Waals surface area contributed by atoms with Crippen LogP contribution in [0.1, 0.15) is 58.4 Å². The normalized spacial score (nSPS) is 13.8. The van der Waals surface area contributed by atoms with Gasteiger partial charge in [0.25, 0.3) is 11.8 Å². The summed E-state index contributed by atoms with van der Waals surface area (Å²) in [4.78, 5) is 25.8. The zero-order chi connectivity index (χ0) is 23.8. The standard InChI is InChI=1S/C28H29BrN2O3/c29-22-14-15-26(34-17-16-20-8-3-1-4-9-20)25(19-22)28(33)31-24-13-7-10-21(18-24)27(32)30-23-11-5-2-6-12-23/h1,3-4,7-10,13-15,18-19,23H,2,5-6,11-12,16-17H2,(H,30,32)(H,31,33). The van der Waals surface area contributed by atoms with E-state index in [-0.39, 0.29) is 17.9 Å². The van der Waals surface area contributed by atoms with Crippen LogP contribution in [-0.4, -0.2) is 24.5 Å². The van der Waals surface area contributed by atoms with Crippen LogP contribution in [0, 0.1) is 0 Å². The first-order chi connectivity index (χ1) is 16.6. The van der Waals surface area contributed by atoms with Crippen molar-refractivity contribution in [2.75, 3.05) is 11.9 Å². The van der Waals surface area contributed by atoms with E-state index in [9.17, 15) is 9.59 Å².